The largest absolute Gasteiger partial charge is 0.339 e. The van der Waals surface area contributed by atoms with E-state index in [0.29, 0.717) is 6.04 Å². The van der Waals surface area contributed by atoms with Gasteiger partial charge in [0.1, 0.15) is 0 Å². The van der Waals surface area contributed by atoms with E-state index in [1.807, 2.05) is 29.6 Å². The summed E-state index contributed by atoms with van der Waals surface area (Å²) in [6.45, 7) is 8.86. The molecule has 0 saturated carbocycles. The minimum Gasteiger partial charge on any atom is -0.339 e. The summed E-state index contributed by atoms with van der Waals surface area (Å²) >= 11 is 0. The molecule has 1 aliphatic rings. The van der Waals surface area contributed by atoms with E-state index in [-0.39, 0.29) is 5.91 Å². The van der Waals surface area contributed by atoms with Gasteiger partial charge in [-0.1, -0.05) is 29.8 Å². The van der Waals surface area contributed by atoms with Gasteiger partial charge in [0, 0.05) is 30.4 Å². The van der Waals surface area contributed by atoms with Crippen LogP contribution in [0, 0.1) is 20.8 Å². The number of amides is 1. The number of piperidine rings is 1. The van der Waals surface area contributed by atoms with Crippen LogP contribution in [0.5, 0.6) is 0 Å². The number of likely N-dealkylation sites (N-methyl/N-ethyl adjacent to an activating group) is 1. The summed E-state index contributed by atoms with van der Waals surface area (Å²) in [5, 5.41) is 8.01. The highest BCUT2D eigenvalue weighted by atomic mass is 16.2. The predicted molar refractivity (Wildman–Crippen MR) is 110 cm³/mol. The first-order chi connectivity index (χ1) is 13.0. The van der Waals surface area contributed by atoms with Crippen molar-refractivity contribution in [2.75, 3.05) is 20.1 Å². The lowest BCUT2D eigenvalue weighted by Crippen LogP contribution is -2.43. The number of carbonyl (C=O) groups is 1. The van der Waals surface area contributed by atoms with Crippen LogP contribution in [0.15, 0.2) is 30.3 Å². The molecule has 3 rings (SSSR count). The summed E-state index contributed by atoms with van der Waals surface area (Å²) in [4.78, 5) is 14.4. The maximum atomic E-state index is 12.6. The molecule has 1 fully saturated rings. The van der Waals surface area contributed by atoms with Gasteiger partial charge in [0.2, 0.25) is 5.91 Å². The van der Waals surface area contributed by atoms with Crippen LogP contribution < -0.4 is 5.32 Å². The summed E-state index contributed by atoms with van der Waals surface area (Å²) in [6.07, 6.45) is 5.64. The zero-order valence-corrected chi connectivity index (χ0v) is 16.8. The Balaban J connectivity index is 1.71. The average Bonchev–Trinajstić information content (AvgIpc) is 2.94. The number of aryl methyl sites for hydroxylation is 2. The van der Waals surface area contributed by atoms with Crippen molar-refractivity contribution < 1.29 is 4.79 Å². The first-order valence-corrected chi connectivity index (χ1v) is 9.71. The number of carbonyl (C=O) groups excluding carboxylic acids is 1. The summed E-state index contributed by atoms with van der Waals surface area (Å²) < 4.78 is 2.01. The smallest absolute Gasteiger partial charge is 0.246 e. The van der Waals surface area contributed by atoms with Crippen molar-refractivity contribution in [3.8, 4) is 0 Å². The fraction of sp³-hybridized carbons (Fsp3) is 0.455. The molecule has 1 N–H and O–H groups in total. The predicted octanol–water partition coefficient (Wildman–Crippen LogP) is 3.08. The molecular formula is C22H30N4O. The van der Waals surface area contributed by atoms with Crippen molar-refractivity contribution >= 4 is 12.0 Å². The normalized spacial score (nSPS) is 15.4. The van der Waals surface area contributed by atoms with Gasteiger partial charge in [0.05, 0.1) is 12.2 Å². The highest BCUT2D eigenvalue weighted by Crippen LogP contribution is 2.18. The molecule has 1 saturated heterocycles. The quantitative estimate of drug-likeness (QED) is 0.828. The zero-order valence-electron chi connectivity index (χ0n) is 16.8. The number of aromatic nitrogens is 2. The maximum Gasteiger partial charge on any atom is 0.246 e. The Bertz CT molecular complexity index is 814. The fourth-order valence-corrected chi connectivity index (χ4v) is 3.62. The molecule has 144 valence electrons. The van der Waals surface area contributed by atoms with Crippen molar-refractivity contribution in [3.05, 3.63) is 58.4 Å². The Kier molecular flexibility index (Phi) is 6.11. The first-order valence-electron chi connectivity index (χ1n) is 9.71. The lowest BCUT2D eigenvalue weighted by Gasteiger charge is -2.30. The van der Waals surface area contributed by atoms with Crippen LogP contribution in [-0.4, -0.2) is 46.8 Å². The minimum absolute atomic E-state index is 0.0620. The molecule has 1 aromatic carbocycles. The van der Waals surface area contributed by atoms with Gasteiger partial charge in [-0.05, 0) is 58.3 Å². The van der Waals surface area contributed by atoms with E-state index in [1.165, 1.54) is 11.1 Å². The third kappa shape index (κ3) is 4.66. The van der Waals surface area contributed by atoms with Gasteiger partial charge in [-0.25, -0.2) is 0 Å². The second-order valence-electron chi connectivity index (χ2n) is 7.49. The van der Waals surface area contributed by atoms with Crippen molar-refractivity contribution in [1.82, 2.24) is 20.0 Å². The topological polar surface area (TPSA) is 50.2 Å². The SMILES string of the molecule is Cc1ccc(Cn2nc(C)c(C=CC(=O)N(C)C3CCNCC3)c2C)cc1. The third-order valence-electron chi connectivity index (χ3n) is 5.49. The minimum atomic E-state index is 0.0620. The van der Waals surface area contributed by atoms with Crippen LogP contribution >= 0.6 is 0 Å². The summed E-state index contributed by atoms with van der Waals surface area (Å²) in [7, 11) is 1.91. The third-order valence-corrected chi connectivity index (χ3v) is 5.49. The molecular weight excluding hydrogens is 336 g/mol. The molecule has 5 nitrogen and oxygen atoms in total. The number of benzene rings is 1. The summed E-state index contributed by atoms with van der Waals surface area (Å²) in [6, 6.07) is 8.85. The van der Waals surface area contributed by atoms with E-state index in [0.717, 1.165) is 49.4 Å². The molecule has 2 heterocycles. The molecule has 2 aromatic rings. The average molecular weight is 367 g/mol. The second kappa shape index (κ2) is 8.53. The number of nitrogens with one attached hydrogen (secondary N) is 1. The number of hydrogen-bond acceptors (Lipinski definition) is 3. The van der Waals surface area contributed by atoms with E-state index < -0.39 is 0 Å². The van der Waals surface area contributed by atoms with Crippen LogP contribution in [0.3, 0.4) is 0 Å². The lowest BCUT2D eigenvalue weighted by molar-refractivity contribution is -0.127. The molecule has 0 aliphatic carbocycles. The van der Waals surface area contributed by atoms with Crippen molar-refractivity contribution in [2.24, 2.45) is 0 Å². The summed E-state index contributed by atoms with van der Waals surface area (Å²) in [5.74, 6) is 0.0620. The maximum absolute atomic E-state index is 12.6. The molecule has 0 radical (unpaired) electrons. The Morgan fingerprint density at radius 3 is 2.56 bits per heavy atom. The van der Waals surface area contributed by atoms with Crippen LogP contribution in [0.2, 0.25) is 0 Å². The molecule has 5 heteroatoms. The highest BCUT2D eigenvalue weighted by molar-refractivity contribution is 5.92. The van der Waals surface area contributed by atoms with Gasteiger partial charge in [-0.2, -0.15) is 5.10 Å². The molecule has 0 bridgehead atoms. The van der Waals surface area contributed by atoms with Crippen LogP contribution in [0.1, 0.15) is 40.9 Å². The Hall–Kier alpha value is -2.40. The number of hydrogen-bond donors (Lipinski definition) is 1. The monoisotopic (exact) mass is 366 g/mol. The van der Waals surface area contributed by atoms with Gasteiger partial charge < -0.3 is 10.2 Å². The van der Waals surface area contributed by atoms with Crippen molar-refractivity contribution in [1.29, 1.82) is 0 Å². The van der Waals surface area contributed by atoms with Gasteiger partial charge in [-0.15, -0.1) is 0 Å². The molecule has 1 aromatic heterocycles. The standard InChI is InChI=1S/C22H30N4O/c1-16-5-7-19(8-6-16)15-26-18(3)21(17(2)24-26)9-10-22(27)25(4)20-11-13-23-14-12-20/h5-10,20,23H,11-15H2,1-4H3. The Labute approximate surface area is 162 Å². The van der Waals surface area contributed by atoms with Gasteiger partial charge >= 0.3 is 0 Å². The van der Waals surface area contributed by atoms with Crippen LogP contribution in [0.25, 0.3) is 6.08 Å². The number of rotatable bonds is 5. The van der Waals surface area contributed by atoms with Crippen molar-refractivity contribution in [2.45, 2.75) is 46.2 Å². The lowest BCUT2D eigenvalue weighted by atomic mass is 10.1. The van der Waals surface area contributed by atoms with Crippen LogP contribution in [0.4, 0.5) is 0 Å². The van der Waals surface area contributed by atoms with Gasteiger partial charge in [0.25, 0.3) is 0 Å². The fourth-order valence-electron chi connectivity index (χ4n) is 3.62. The van der Waals surface area contributed by atoms with Gasteiger partial charge in [-0.3, -0.25) is 9.48 Å². The molecule has 1 amide bonds. The zero-order chi connectivity index (χ0) is 19.4. The van der Waals surface area contributed by atoms with E-state index >= 15 is 0 Å². The van der Waals surface area contributed by atoms with Crippen molar-refractivity contribution in [3.63, 3.8) is 0 Å². The highest BCUT2D eigenvalue weighted by Gasteiger charge is 2.20. The molecule has 0 unspecified atom stereocenters. The van der Waals surface area contributed by atoms with E-state index in [9.17, 15) is 4.79 Å². The van der Waals surface area contributed by atoms with E-state index in [2.05, 4.69) is 48.5 Å². The summed E-state index contributed by atoms with van der Waals surface area (Å²) in [5.41, 5.74) is 5.56. The van der Waals surface area contributed by atoms with Gasteiger partial charge in [0.15, 0.2) is 0 Å². The molecule has 1 aliphatic heterocycles. The van der Waals surface area contributed by atoms with E-state index in [4.69, 9.17) is 0 Å². The first kappa shape index (κ1) is 19.4. The number of nitrogens with zero attached hydrogens (tertiary/aromatic N) is 3. The van der Waals surface area contributed by atoms with Crippen LogP contribution in [-0.2, 0) is 11.3 Å². The molecule has 0 atom stereocenters. The Morgan fingerprint density at radius 1 is 1.22 bits per heavy atom. The Morgan fingerprint density at radius 2 is 1.89 bits per heavy atom. The second-order valence-corrected chi connectivity index (χ2v) is 7.49. The molecule has 27 heavy (non-hydrogen) atoms. The van der Waals surface area contributed by atoms with E-state index in [1.54, 1.807) is 6.08 Å². The molecule has 0 spiro atoms.